The molecule has 2 amide bonds. The summed E-state index contributed by atoms with van der Waals surface area (Å²) in [5.74, 6) is -0.562. The van der Waals surface area contributed by atoms with Gasteiger partial charge in [0.15, 0.2) is 5.25 Å². The molecule has 0 bridgehead atoms. The number of likely N-dealkylation sites (tertiary alicyclic amines) is 1. The molecule has 32 heavy (non-hydrogen) atoms. The van der Waals surface area contributed by atoms with Gasteiger partial charge in [0.05, 0.1) is 23.8 Å². The van der Waals surface area contributed by atoms with Gasteiger partial charge in [-0.25, -0.2) is 13.1 Å². The van der Waals surface area contributed by atoms with Gasteiger partial charge in [0.1, 0.15) is 0 Å². The summed E-state index contributed by atoms with van der Waals surface area (Å²) in [7, 11) is -3.71. The molecule has 3 aliphatic heterocycles. The first-order valence-electron chi connectivity index (χ1n) is 11.1. The number of rotatable bonds is 6. The summed E-state index contributed by atoms with van der Waals surface area (Å²) in [5.41, 5.74) is 0.427. The molecule has 1 aromatic carbocycles. The van der Waals surface area contributed by atoms with Gasteiger partial charge in [-0.15, -0.1) is 11.8 Å². The number of hydrogen-bond donors (Lipinski definition) is 2. The van der Waals surface area contributed by atoms with Crippen molar-refractivity contribution in [3.05, 3.63) is 18.2 Å². The van der Waals surface area contributed by atoms with E-state index in [-0.39, 0.29) is 10.8 Å². The first-order valence-corrected chi connectivity index (χ1v) is 13.5. The lowest BCUT2D eigenvalue weighted by molar-refractivity contribution is -0.133. The molecule has 9 nitrogen and oxygen atoms in total. The molecule has 2 saturated heterocycles. The van der Waals surface area contributed by atoms with Crippen LogP contribution in [0.2, 0.25) is 0 Å². The summed E-state index contributed by atoms with van der Waals surface area (Å²) in [6, 6.07) is 4.65. The summed E-state index contributed by atoms with van der Waals surface area (Å²) in [5, 5.41) is 1.91. The van der Waals surface area contributed by atoms with Crippen molar-refractivity contribution in [3.63, 3.8) is 0 Å². The van der Waals surface area contributed by atoms with Crippen LogP contribution in [0, 0.1) is 0 Å². The van der Waals surface area contributed by atoms with E-state index in [0.29, 0.717) is 50.0 Å². The van der Waals surface area contributed by atoms with Crippen molar-refractivity contribution >= 4 is 39.3 Å². The zero-order valence-corrected chi connectivity index (χ0v) is 19.7. The van der Waals surface area contributed by atoms with E-state index in [0.717, 1.165) is 38.8 Å². The standard InChI is InChI=1S/C21H30N4O5S2/c26-20-19(21(27)25-8-3-1-2-4-9-25)31-18-6-5-16(15-17(18)23-20)32(28,29)22-7-10-24-11-13-30-14-12-24/h5-6,15,19,22H,1-4,7-14H2,(H,23,26)/t19-/m0/s1. The molecule has 11 heteroatoms. The molecule has 176 valence electrons. The Hall–Kier alpha value is -1.66. The van der Waals surface area contributed by atoms with Crippen molar-refractivity contribution in [1.29, 1.82) is 0 Å². The molecule has 0 unspecified atom stereocenters. The minimum absolute atomic E-state index is 0.0939. The minimum Gasteiger partial charge on any atom is -0.379 e. The number of carbonyl (C=O) groups is 2. The van der Waals surface area contributed by atoms with E-state index in [1.807, 2.05) is 0 Å². The smallest absolute Gasteiger partial charge is 0.247 e. The Labute approximate surface area is 193 Å². The van der Waals surface area contributed by atoms with Crippen LogP contribution in [-0.4, -0.2) is 87.8 Å². The van der Waals surface area contributed by atoms with Crippen molar-refractivity contribution < 1.29 is 22.7 Å². The van der Waals surface area contributed by atoms with Gasteiger partial charge < -0.3 is 15.0 Å². The Bertz CT molecular complexity index is 942. The van der Waals surface area contributed by atoms with E-state index < -0.39 is 21.2 Å². The molecular formula is C21H30N4O5S2. The average Bonchev–Trinajstić information content (AvgIpc) is 3.08. The zero-order chi connectivity index (χ0) is 22.6. The molecule has 2 fully saturated rings. The number of carbonyl (C=O) groups excluding carboxylic acids is 2. The average molecular weight is 483 g/mol. The first-order chi connectivity index (χ1) is 15.4. The lowest BCUT2D eigenvalue weighted by Gasteiger charge is -2.29. The van der Waals surface area contributed by atoms with Crippen molar-refractivity contribution in [1.82, 2.24) is 14.5 Å². The molecule has 0 aromatic heterocycles. The monoisotopic (exact) mass is 482 g/mol. The number of amides is 2. The predicted octanol–water partition coefficient (Wildman–Crippen LogP) is 1.11. The SMILES string of the molecule is O=C1Nc2cc(S(=O)(=O)NCCN3CCOCC3)ccc2S[C@@H]1C(=O)N1CCCCCC1. The quantitative estimate of drug-likeness (QED) is 0.585. The number of benzene rings is 1. The molecule has 1 atom stereocenters. The highest BCUT2D eigenvalue weighted by Crippen LogP contribution is 2.38. The number of thioether (sulfide) groups is 1. The lowest BCUT2D eigenvalue weighted by atomic mass is 10.2. The second kappa shape index (κ2) is 10.5. The lowest BCUT2D eigenvalue weighted by Crippen LogP contribution is -2.45. The van der Waals surface area contributed by atoms with E-state index in [2.05, 4.69) is 14.9 Å². The van der Waals surface area contributed by atoms with Crippen molar-refractivity contribution in [3.8, 4) is 0 Å². The van der Waals surface area contributed by atoms with Gasteiger partial charge in [-0.05, 0) is 31.0 Å². The molecular weight excluding hydrogens is 452 g/mol. The maximum absolute atomic E-state index is 12.9. The van der Waals surface area contributed by atoms with Gasteiger partial charge in [0.2, 0.25) is 21.8 Å². The molecule has 0 aliphatic carbocycles. The summed E-state index contributed by atoms with van der Waals surface area (Å²) in [4.78, 5) is 30.3. The summed E-state index contributed by atoms with van der Waals surface area (Å²) >= 11 is 1.19. The largest absolute Gasteiger partial charge is 0.379 e. The first kappa shape index (κ1) is 23.5. The van der Waals surface area contributed by atoms with Crippen LogP contribution in [0.5, 0.6) is 0 Å². The Morgan fingerprint density at radius 2 is 1.84 bits per heavy atom. The van der Waals surface area contributed by atoms with Crippen molar-refractivity contribution in [2.75, 3.05) is 57.8 Å². The number of fused-ring (bicyclic) bond motifs is 1. The number of ether oxygens (including phenoxy) is 1. The van der Waals surface area contributed by atoms with E-state index in [1.54, 1.807) is 11.0 Å². The highest BCUT2D eigenvalue weighted by molar-refractivity contribution is 8.01. The fourth-order valence-corrected chi connectivity index (χ4v) is 6.22. The predicted molar refractivity (Wildman–Crippen MR) is 122 cm³/mol. The highest BCUT2D eigenvalue weighted by Gasteiger charge is 2.36. The topological polar surface area (TPSA) is 108 Å². The summed E-state index contributed by atoms with van der Waals surface area (Å²) in [6.45, 7) is 5.19. The summed E-state index contributed by atoms with van der Waals surface area (Å²) < 4.78 is 33.4. The third kappa shape index (κ3) is 5.63. The van der Waals surface area contributed by atoms with Gasteiger partial charge in [-0.2, -0.15) is 0 Å². The maximum atomic E-state index is 12.9. The van der Waals surface area contributed by atoms with Crippen LogP contribution in [-0.2, 0) is 24.3 Å². The van der Waals surface area contributed by atoms with E-state index >= 15 is 0 Å². The van der Waals surface area contributed by atoms with Gasteiger partial charge in [0, 0.05) is 44.2 Å². The van der Waals surface area contributed by atoms with Crippen LogP contribution in [0.4, 0.5) is 5.69 Å². The fraction of sp³-hybridized carbons (Fsp3) is 0.619. The van der Waals surface area contributed by atoms with Crippen LogP contribution in [0.15, 0.2) is 28.0 Å². The zero-order valence-electron chi connectivity index (χ0n) is 18.0. The maximum Gasteiger partial charge on any atom is 0.247 e. The molecule has 3 aliphatic rings. The van der Waals surface area contributed by atoms with Crippen molar-refractivity contribution in [2.24, 2.45) is 0 Å². The molecule has 0 spiro atoms. The molecule has 4 rings (SSSR count). The van der Waals surface area contributed by atoms with Gasteiger partial charge in [-0.1, -0.05) is 12.8 Å². The van der Waals surface area contributed by atoms with E-state index in [1.165, 1.54) is 23.9 Å². The van der Waals surface area contributed by atoms with E-state index in [4.69, 9.17) is 4.74 Å². The second-order valence-corrected chi connectivity index (χ2v) is 11.2. The van der Waals surface area contributed by atoms with E-state index in [9.17, 15) is 18.0 Å². The number of hydrogen-bond acceptors (Lipinski definition) is 7. The van der Waals surface area contributed by atoms with Crippen molar-refractivity contribution in [2.45, 2.75) is 40.7 Å². The molecule has 0 radical (unpaired) electrons. The Balaban J connectivity index is 1.39. The highest BCUT2D eigenvalue weighted by atomic mass is 32.2. The molecule has 1 aromatic rings. The van der Waals surface area contributed by atoms with Gasteiger partial charge >= 0.3 is 0 Å². The third-order valence-corrected chi connectivity index (χ3v) is 8.69. The number of nitrogens with one attached hydrogen (secondary N) is 2. The van der Waals surface area contributed by atoms with Crippen LogP contribution in [0.25, 0.3) is 0 Å². The fourth-order valence-electron chi connectivity index (χ4n) is 4.12. The second-order valence-electron chi connectivity index (χ2n) is 8.24. The number of morpholine rings is 1. The minimum atomic E-state index is -3.71. The van der Waals surface area contributed by atoms with Gasteiger partial charge in [0.25, 0.3) is 0 Å². The summed E-state index contributed by atoms with van der Waals surface area (Å²) in [6.07, 6.45) is 4.13. The Morgan fingerprint density at radius 3 is 2.56 bits per heavy atom. The molecule has 3 heterocycles. The number of anilines is 1. The number of sulfonamides is 1. The normalized spacial score (nSPS) is 22.7. The molecule has 0 saturated carbocycles. The van der Waals surface area contributed by atoms with Crippen LogP contribution in [0.1, 0.15) is 25.7 Å². The Kier molecular flexibility index (Phi) is 7.72. The third-order valence-electron chi connectivity index (χ3n) is 5.97. The number of nitrogens with zero attached hydrogens (tertiary/aromatic N) is 2. The van der Waals surface area contributed by atoms with Crippen LogP contribution in [0.3, 0.4) is 0 Å². The van der Waals surface area contributed by atoms with Crippen LogP contribution < -0.4 is 10.0 Å². The molecule has 2 N–H and O–H groups in total. The van der Waals surface area contributed by atoms with Crippen LogP contribution >= 0.6 is 11.8 Å². The Morgan fingerprint density at radius 1 is 1.12 bits per heavy atom. The van der Waals surface area contributed by atoms with Gasteiger partial charge in [-0.3, -0.25) is 14.5 Å².